The van der Waals surface area contributed by atoms with Crippen LogP contribution in [0.5, 0.6) is 0 Å². The first-order chi connectivity index (χ1) is 10.3. The summed E-state index contributed by atoms with van der Waals surface area (Å²) >= 11 is 0. The summed E-state index contributed by atoms with van der Waals surface area (Å²) in [6.45, 7) is 5.37. The number of hydrogen-bond donors (Lipinski definition) is 1. The van der Waals surface area contributed by atoms with Gasteiger partial charge in [0.15, 0.2) is 0 Å². The lowest BCUT2D eigenvalue weighted by Crippen LogP contribution is -2.34. The van der Waals surface area contributed by atoms with Crippen molar-refractivity contribution in [2.24, 2.45) is 5.10 Å². The highest BCUT2D eigenvalue weighted by Gasteiger charge is 2.20. The summed E-state index contributed by atoms with van der Waals surface area (Å²) in [5.41, 5.74) is 2.85. The van der Waals surface area contributed by atoms with E-state index in [1.54, 1.807) is 64.2 Å². The molecular weight excluding hydrogens is 282 g/mol. The topological polar surface area (TPSA) is 102 Å². The molecule has 114 valence electrons. The highest BCUT2D eigenvalue weighted by atomic mass is 16.6. The Bertz CT molecular complexity index is 646. The number of carbonyl (C=O) groups is 1. The zero-order valence-electron chi connectivity index (χ0n) is 12.9. The predicted molar refractivity (Wildman–Crippen MR) is 83.4 cm³/mol. The number of hydrogen-bond acceptors (Lipinski definition) is 6. The lowest BCUT2D eigenvalue weighted by atomic mass is 10.2. The van der Waals surface area contributed by atoms with Crippen molar-refractivity contribution in [1.82, 2.24) is 0 Å². The molecule has 0 aliphatic heterocycles. The maximum atomic E-state index is 12.0. The third-order valence-corrected chi connectivity index (χ3v) is 2.41. The Hall–Kier alpha value is -3.06. The van der Waals surface area contributed by atoms with Gasteiger partial charge in [0.1, 0.15) is 17.7 Å². The van der Waals surface area contributed by atoms with Gasteiger partial charge in [0.2, 0.25) is 5.71 Å². The molecule has 1 amide bonds. The van der Waals surface area contributed by atoms with E-state index >= 15 is 0 Å². The predicted octanol–water partition coefficient (Wildman–Crippen LogP) is 2.87. The first-order valence-corrected chi connectivity index (χ1v) is 6.47. The number of rotatable bonds is 3. The van der Waals surface area contributed by atoms with Crippen LogP contribution in [0.3, 0.4) is 0 Å². The summed E-state index contributed by atoms with van der Waals surface area (Å²) in [6.07, 6.45) is -0.483. The third-order valence-electron chi connectivity index (χ3n) is 2.41. The standard InChI is InChI=1S/C15H17N5O2/c1-15(2,3)22-14(21)20(4)13-7-5-6-11(8-13)18-19-12(9-16)10-17/h5-8,18H,1-4H3. The molecule has 7 heteroatoms. The molecule has 0 saturated heterocycles. The quantitative estimate of drug-likeness (QED) is 0.683. The second kappa shape index (κ2) is 7.09. The Morgan fingerprint density at radius 3 is 2.50 bits per heavy atom. The molecule has 0 fully saturated rings. The fourth-order valence-electron chi connectivity index (χ4n) is 1.42. The van der Waals surface area contributed by atoms with Crippen molar-refractivity contribution in [3.05, 3.63) is 24.3 Å². The lowest BCUT2D eigenvalue weighted by molar-refractivity contribution is 0.0589. The second-order valence-electron chi connectivity index (χ2n) is 5.39. The molecule has 22 heavy (non-hydrogen) atoms. The Morgan fingerprint density at radius 2 is 1.95 bits per heavy atom. The molecule has 1 rings (SSSR count). The van der Waals surface area contributed by atoms with Crippen LogP contribution in [0.15, 0.2) is 29.4 Å². The van der Waals surface area contributed by atoms with E-state index < -0.39 is 11.7 Å². The Kier molecular flexibility index (Phi) is 5.48. The third kappa shape index (κ3) is 5.14. The van der Waals surface area contributed by atoms with Crippen molar-refractivity contribution in [2.45, 2.75) is 26.4 Å². The Balaban J connectivity index is 2.88. The molecule has 0 aromatic heterocycles. The van der Waals surface area contributed by atoms with Crippen LogP contribution in [0.2, 0.25) is 0 Å². The second-order valence-corrected chi connectivity index (χ2v) is 5.39. The van der Waals surface area contributed by atoms with Gasteiger partial charge in [-0.15, -0.1) is 0 Å². The van der Waals surface area contributed by atoms with Crippen LogP contribution in [-0.2, 0) is 4.74 Å². The number of benzene rings is 1. The van der Waals surface area contributed by atoms with Gasteiger partial charge in [-0.05, 0) is 39.0 Å². The zero-order valence-corrected chi connectivity index (χ0v) is 12.9. The van der Waals surface area contributed by atoms with Crippen molar-refractivity contribution in [3.63, 3.8) is 0 Å². The molecule has 0 heterocycles. The molecular formula is C15H17N5O2. The molecule has 0 aliphatic carbocycles. The van der Waals surface area contributed by atoms with Crippen molar-refractivity contribution < 1.29 is 9.53 Å². The van der Waals surface area contributed by atoms with E-state index in [-0.39, 0.29) is 5.71 Å². The first-order valence-electron chi connectivity index (χ1n) is 6.47. The summed E-state index contributed by atoms with van der Waals surface area (Å²) < 4.78 is 5.28. The summed E-state index contributed by atoms with van der Waals surface area (Å²) in [4.78, 5) is 13.4. The monoisotopic (exact) mass is 299 g/mol. The van der Waals surface area contributed by atoms with Crippen molar-refractivity contribution in [2.75, 3.05) is 17.4 Å². The number of anilines is 2. The van der Waals surface area contributed by atoms with Gasteiger partial charge < -0.3 is 4.74 Å². The first kappa shape index (κ1) is 17.0. The molecule has 0 spiro atoms. The van der Waals surface area contributed by atoms with Crippen LogP contribution in [0.1, 0.15) is 20.8 Å². The Morgan fingerprint density at radius 1 is 1.32 bits per heavy atom. The number of nitriles is 2. The molecule has 7 nitrogen and oxygen atoms in total. The summed E-state index contributed by atoms with van der Waals surface area (Å²) in [6, 6.07) is 10.1. The van der Waals surface area contributed by atoms with E-state index in [0.717, 1.165) is 0 Å². The van der Waals surface area contributed by atoms with Crippen molar-refractivity contribution in [3.8, 4) is 12.1 Å². The normalized spacial score (nSPS) is 9.91. The molecule has 0 aliphatic rings. The van der Waals surface area contributed by atoms with E-state index in [4.69, 9.17) is 15.3 Å². The van der Waals surface area contributed by atoms with Gasteiger partial charge in [-0.25, -0.2) is 4.79 Å². The smallest absolute Gasteiger partial charge is 0.414 e. The van der Waals surface area contributed by atoms with Crippen LogP contribution < -0.4 is 10.3 Å². The number of hydrazone groups is 1. The Labute approximate surface area is 129 Å². The van der Waals surface area contributed by atoms with Gasteiger partial charge in [0, 0.05) is 12.7 Å². The molecule has 0 unspecified atom stereocenters. The average molecular weight is 299 g/mol. The largest absolute Gasteiger partial charge is 0.443 e. The van der Waals surface area contributed by atoms with Crippen LogP contribution in [0.25, 0.3) is 0 Å². The number of nitrogens with one attached hydrogen (secondary N) is 1. The zero-order chi connectivity index (χ0) is 16.8. The molecule has 0 atom stereocenters. The van der Waals surface area contributed by atoms with Crippen molar-refractivity contribution in [1.29, 1.82) is 10.5 Å². The van der Waals surface area contributed by atoms with Crippen molar-refractivity contribution >= 4 is 23.2 Å². The van der Waals surface area contributed by atoms with E-state index in [0.29, 0.717) is 11.4 Å². The van der Waals surface area contributed by atoms with Gasteiger partial charge in [-0.3, -0.25) is 10.3 Å². The minimum Gasteiger partial charge on any atom is -0.443 e. The highest BCUT2D eigenvalue weighted by molar-refractivity contribution is 6.10. The fraction of sp³-hybridized carbons (Fsp3) is 0.333. The molecule has 0 bridgehead atoms. The van der Waals surface area contributed by atoms with Crippen LogP contribution in [0.4, 0.5) is 16.2 Å². The molecule has 1 aromatic carbocycles. The average Bonchev–Trinajstić information content (AvgIpc) is 2.46. The van der Waals surface area contributed by atoms with Crippen LogP contribution in [-0.4, -0.2) is 24.5 Å². The number of ether oxygens (including phenoxy) is 1. The van der Waals surface area contributed by atoms with Gasteiger partial charge in [-0.2, -0.15) is 15.6 Å². The van der Waals surface area contributed by atoms with E-state index in [2.05, 4.69) is 10.5 Å². The molecule has 0 radical (unpaired) electrons. The summed E-state index contributed by atoms with van der Waals surface area (Å²) in [5, 5.41) is 20.9. The number of nitrogens with zero attached hydrogens (tertiary/aromatic N) is 4. The van der Waals surface area contributed by atoms with E-state index in [1.165, 1.54) is 4.90 Å². The summed E-state index contributed by atoms with van der Waals surface area (Å²) in [7, 11) is 1.59. The van der Waals surface area contributed by atoms with Crippen LogP contribution in [0, 0.1) is 22.7 Å². The van der Waals surface area contributed by atoms with Gasteiger partial charge >= 0.3 is 6.09 Å². The molecule has 1 N–H and O–H groups in total. The number of amides is 1. The molecule has 1 aromatic rings. The highest BCUT2D eigenvalue weighted by Crippen LogP contribution is 2.20. The maximum Gasteiger partial charge on any atom is 0.414 e. The van der Waals surface area contributed by atoms with E-state index in [9.17, 15) is 4.79 Å². The lowest BCUT2D eigenvalue weighted by Gasteiger charge is -2.24. The van der Waals surface area contributed by atoms with Gasteiger partial charge in [0.05, 0.1) is 5.69 Å². The van der Waals surface area contributed by atoms with Gasteiger partial charge in [0.25, 0.3) is 0 Å². The maximum absolute atomic E-state index is 12.0. The van der Waals surface area contributed by atoms with Gasteiger partial charge in [-0.1, -0.05) is 6.07 Å². The minimum absolute atomic E-state index is 0.286. The molecule has 0 saturated carbocycles. The summed E-state index contributed by atoms with van der Waals surface area (Å²) in [5.74, 6) is 0. The number of carbonyl (C=O) groups excluding carboxylic acids is 1. The minimum atomic E-state index is -0.583. The fourth-order valence-corrected chi connectivity index (χ4v) is 1.42. The SMILES string of the molecule is CN(C(=O)OC(C)(C)C)c1cccc(NN=C(C#N)C#N)c1. The van der Waals surface area contributed by atoms with E-state index in [1.807, 2.05) is 0 Å². The van der Waals surface area contributed by atoms with Crippen LogP contribution >= 0.6 is 0 Å².